The van der Waals surface area contributed by atoms with Crippen LogP contribution in [0.25, 0.3) is 10.8 Å². The molecular weight excluding hydrogens is 296 g/mol. The lowest BCUT2D eigenvalue weighted by Crippen LogP contribution is -2.27. The van der Waals surface area contributed by atoms with E-state index in [1.165, 1.54) is 11.3 Å². The number of nitrogens with one attached hydrogen (secondary N) is 2. The number of ether oxygens (including phenoxy) is 1. The standard InChI is InChI=1S/C17H16N2O2S/c1-21-15-7-6-13-5-4-12(9-14(13)10-15)11-18-17(20)19-16-3-2-8-22-16/h2-10H,11H2,1H3,(H2,18,19,20). The van der Waals surface area contributed by atoms with E-state index < -0.39 is 0 Å². The number of hydrogen-bond acceptors (Lipinski definition) is 3. The maximum atomic E-state index is 11.8. The molecule has 0 fully saturated rings. The monoisotopic (exact) mass is 312 g/mol. The second-order valence-corrected chi connectivity index (χ2v) is 5.78. The highest BCUT2D eigenvalue weighted by atomic mass is 32.1. The Hall–Kier alpha value is -2.53. The van der Waals surface area contributed by atoms with Gasteiger partial charge in [-0.05, 0) is 52.0 Å². The fourth-order valence-corrected chi connectivity index (χ4v) is 2.81. The van der Waals surface area contributed by atoms with E-state index in [9.17, 15) is 4.79 Å². The number of benzene rings is 2. The molecule has 4 nitrogen and oxygen atoms in total. The molecule has 3 aromatic rings. The summed E-state index contributed by atoms with van der Waals surface area (Å²) in [4.78, 5) is 11.8. The minimum atomic E-state index is -0.201. The molecule has 0 aliphatic heterocycles. The van der Waals surface area contributed by atoms with Gasteiger partial charge in [0, 0.05) is 6.54 Å². The maximum Gasteiger partial charge on any atom is 0.320 e. The molecule has 3 rings (SSSR count). The highest BCUT2D eigenvalue weighted by Gasteiger charge is 2.03. The van der Waals surface area contributed by atoms with Gasteiger partial charge in [0.15, 0.2) is 0 Å². The lowest BCUT2D eigenvalue weighted by molar-refractivity contribution is 0.252. The second-order valence-electron chi connectivity index (χ2n) is 4.83. The third-order valence-corrected chi connectivity index (χ3v) is 4.11. The van der Waals surface area contributed by atoms with Gasteiger partial charge in [0.2, 0.25) is 0 Å². The zero-order valence-corrected chi connectivity index (χ0v) is 12.9. The fourth-order valence-electron chi connectivity index (χ4n) is 2.20. The van der Waals surface area contributed by atoms with Crippen LogP contribution < -0.4 is 15.4 Å². The van der Waals surface area contributed by atoms with Crippen molar-refractivity contribution in [3.63, 3.8) is 0 Å². The molecule has 2 N–H and O–H groups in total. The molecule has 1 heterocycles. The summed E-state index contributed by atoms with van der Waals surface area (Å²) < 4.78 is 5.24. The summed E-state index contributed by atoms with van der Waals surface area (Å²) in [6, 6.07) is 15.6. The van der Waals surface area contributed by atoms with Gasteiger partial charge in [-0.3, -0.25) is 5.32 Å². The van der Waals surface area contributed by atoms with Gasteiger partial charge in [-0.2, -0.15) is 0 Å². The van der Waals surface area contributed by atoms with E-state index in [2.05, 4.69) is 16.7 Å². The highest BCUT2D eigenvalue weighted by molar-refractivity contribution is 7.14. The number of carbonyl (C=O) groups excluding carboxylic acids is 1. The Labute approximate surface area is 132 Å². The normalized spacial score (nSPS) is 10.4. The van der Waals surface area contributed by atoms with Crippen molar-refractivity contribution in [3.05, 3.63) is 59.5 Å². The zero-order chi connectivity index (χ0) is 15.4. The lowest BCUT2D eigenvalue weighted by atomic mass is 10.1. The van der Waals surface area contributed by atoms with Gasteiger partial charge in [0.25, 0.3) is 0 Å². The summed E-state index contributed by atoms with van der Waals surface area (Å²) in [6.45, 7) is 0.477. The predicted octanol–water partition coefficient (Wildman–Crippen LogP) is 4.23. The maximum absolute atomic E-state index is 11.8. The Morgan fingerprint density at radius 3 is 2.77 bits per heavy atom. The first-order chi connectivity index (χ1) is 10.7. The number of thiophene rings is 1. The summed E-state index contributed by atoms with van der Waals surface area (Å²) in [7, 11) is 1.65. The number of amides is 2. The van der Waals surface area contributed by atoms with Crippen LogP contribution in [0.4, 0.5) is 9.80 Å². The Bertz CT molecular complexity index is 784. The minimum absolute atomic E-state index is 0.201. The van der Waals surface area contributed by atoms with Crippen LogP contribution in [-0.2, 0) is 6.54 Å². The molecule has 0 bridgehead atoms. The van der Waals surface area contributed by atoms with E-state index in [4.69, 9.17) is 4.74 Å². The topological polar surface area (TPSA) is 50.4 Å². The Balaban J connectivity index is 1.67. The lowest BCUT2D eigenvalue weighted by Gasteiger charge is -2.08. The van der Waals surface area contributed by atoms with E-state index in [1.807, 2.05) is 47.8 Å². The number of methoxy groups -OCH3 is 1. The van der Waals surface area contributed by atoms with Crippen LogP contribution in [0.5, 0.6) is 5.75 Å². The third kappa shape index (κ3) is 3.38. The molecule has 2 aromatic carbocycles. The summed E-state index contributed by atoms with van der Waals surface area (Å²) in [5.41, 5.74) is 1.04. The predicted molar refractivity (Wildman–Crippen MR) is 90.7 cm³/mol. The van der Waals surface area contributed by atoms with Crippen LogP contribution in [0.1, 0.15) is 5.56 Å². The van der Waals surface area contributed by atoms with Crippen molar-refractivity contribution >= 4 is 33.1 Å². The summed E-state index contributed by atoms with van der Waals surface area (Å²) in [5, 5.41) is 10.6. The number of fused-ring (bicyclic) bond motifs is 1. The van der Waals surface area contributed by atoms with Crippen LogP contribution in [-0.4, -0.2) is 13.1 Å². The minimum Gasteiger partial charge on any atom is -0.497 e. The number of carbonyl (C=O) groups is 1. The van der Waals surface area contributed by atoms with E-state index in [0.29, 0.717) is 6.54 Å². The molecule has 0 spiro atoms. The van der Waals surface area contributed by atoms with E-state index in [-0.39, 0.29) is 6.03 Å². The Morgan fingerprint density at radius 2 is 2.00 bits per heavy atom. The molecule has 2 amide bonds. The molecule has 5 heteroatoms. The van der Waals surface area contributed by atoms with Crippen LogP contribution in [0.15, 0.2) is 53.9 Å². The average Bonchev–Trinajstić information content (AvgIpc) is 3.05. The molecule has 0 atom stereocenters. The molecule has 1 aromatic heterocycles. The molecular formula is C17H16N2O2S. The molecule has 0 saturated carbocycles. The van der Waals surface area contributed by atoms with Gasteiger partial charge in [-0.15, -0.1) is 11.3 Å². The van der Waals surface area contributed by atoms with Crippen LogP contribution in [0.2, 0.25) is 0 Å². The number of rotatable bonds is 4. The largest absolute Gasteiger partial charge is 0.497 e. The highest BCUT2D eigenvalue weighted by Crippen LogP contribution is 2.22. The van der Waals surface area contributed by atoms with E-state index >= 15 is 0 Å². The smallest absolute Gasteiger partial charge is 0.320 e. The number of urea groups is 1. The Morgan fingerprint density at radius 1 is 1.14 bits per heavy atom. The molecule has 0 aliphatic carbocycles. The van der Waals surface area contributed by atoms with Crippen molar-refractivity contribution in [2.24, 2.45) is 0 Å². The molecule has 0 saturated heterocycles. The van der Waals surface area contributed by atoms with Crippen molar-refractivity contribution in [1.29, 1.82) is 0 Å². The number of hydrogen-bond donors (Lipinski definition) is 2. The first-order valence-corrected chi connectivity index (χ1v) is 7.77. The van der Waals surface area contributed by atoms with Gasteiger partial charge in [0.1, 0.15) is 5.75 Å². The Kier molecular flexibility index (Phi) is 4.25. The second kappa shape index (κ2) is 6.49. The molecule has 22 heavy (non-hydrogen) atoms. The van der Waals surface area contributed by atoms with Gasteiger partial charge >= 0.3 is 6.03 Å². The van der Waals surface area contributed by atoms with Crippen molar-refractivity contribution in [2.45, 2.75) is 6.54 Å². The van der Waals surface area contributed by atoms with Gasteiger partial charge in [-0.1, -0.05) is 18.2 Å². The average molecular weight is 312 g/mol. The summed E-state index contributed by atoms with van der Waals surface area (Å²) >= 11 is 1.49. The van der Waals surface area contributed by atoms with Gasteiger partial charge in [-0.25, -0.2) is 4.79 Å². The zero-order valence-electron chi connectivity index (χ0n) is 12.1. The van der Waals surface area contributed by atoms with Gasteiger partial charge < -0.3 is 10.1 Å². The molecule has 112 valence electrons. The fraction of sp³-hybridized carbons (Fsp3) is 0.118. The summed E-state index contributed by atoms with van der Waals surface area (Å²) in [6.07, 6.45) is 0. The van der Waals surface area contributed by atoms with Crippen LogP contribution >= 0.6 is 11.3 Å². The van der Waals surface area contributed by atoms with Crippen LogP contribution in [0.3, 0.4) is 0 Å². The third-order valence-electron chi connectivity index (χ3n) is 3.32. The van der Waals surface area contributed by atoms with Crippen LogP contribution in [0, 0.1) is 0 Å². The number of anilines is 1. The quantitative estimate of drug-likeness (QED) is 0.757. The van der Waals surface area contributed by atoms with Crippen molar-refractivity contribution in [1.82, 2.24) is 5.32 Å². The molecule has 0 radical (unpaired) electrons. The van der Waals surface area contributed by atoms with Crippen molar-refractivity contribution in [3.8, 4) is 5.75 Å². The summed E-state index contributed by atoms with van der Waals surface area (Å²) in [5.74, 6) is 0.827. The van der Waals surface area contributed by atoms with Crippen molar-refractivity contribution in [2.75, 3.05) is 12.4 Å². The molecule has 0 unspecified atom stereocenters. The van der Waals surface area contributed by atoms with E-state index in [1.54, 1.807) is 7.11 Å². The molecule has 0 aliphatic rings. The van der Waals surface area contributed by atoms with Gasteiger partial charge in [0.05, 0.1) is 12.1 Å². The SMILES string of the molecule is COc1ccc2ccc(CNC(=O)Nc3cccs3)cc2c1. The van der Waals surface area contributed by atoms with Crippen molar-refractivity contribution < 1.29 is 9.53 Å². The first-order valence-electron chi connectivity index (χ1n) is 6.89. The van der Waals surface area contributed by atoms with E-state index in [0.717, 1.165) is 27.1 Å². The first kappa shape index (κ1) is 14.4.